The van der Waals surface area contributed by atoms with E-state index in [9.17, 15) is 25.2 Å². The maximum Gasteiger partial charge on any atom is 0.249 e. The molecule has 0 saturated heterocycles. The van der Waals surface area contributed by atoms with Crippen LogP contribution in [0.15, 0.2) is 48.6 Å². The number of carbonyl (C=O) groups excluding carboxylic acids is 1. The minimum atomic E-state index is -1.30. The van der Waals surface area contributed by atoms with Gasteiger partial charge in [0.15, 0.2) is 0 Å². The number of hydrogen-bond donors (Lipinski definition) is 5. The number of allylic oxidation sites excluding steroid dienone is 8. The third-order valence-electron chi connectivity index (χ3n) is 12.7. The SMILES string of the molecule is CCCCCCCCCCCCC/C=C\CCCCCCCCC(O)C(=O)NC(CO)C(O)C(O)CCC/C=C/CC/C=C/CC/C=C/CCCCCCCCCCCCCCC. The van der Waals surface area contributed by atoms with E-state index in [-0.39, 0.29) is 0 Å². The van der Waals surface area contributed by atoms with Crippen molar-refractivity contribution in [1.29, 1.82) is 0 Å². The summed E-state index contributed by atoms with van der Waals surface area (Å²) < 4.78 is 0. The molecule has 1 amide bonds. The molecule has 5 N–H and O–H groups in total. The zero-order chi connectivity index (χ0) is 45.9. The molecule has 0 aromatic rings. The number of carbonyl (C=O) groups is 1. The Bertz CT molecular complexity index is 1040. The van der Waals surface area contributed by atoms with Gasteiger partial charge in [0.05, 0.1) is 18.8 Å². The summed E-state index contributed by atoms with van der Waals surface area (Å²) in [5, 5.41) is 43.9. The Hall–Kier alpha value is -1.73. The molecule has 0 aliphatic carbocycles. The molecule has 0 saturated carbocycles. The third-order valence-corrected chi connectivity index (χ3v) is 12.7. The van der Waals surface area contributed by atoms with Gasteiger partial charge < -0.3 is 25.7 Å². The molecule has 0 radical (unpaired) electrons. The normalized spacial score (nSPS) is 14.2. The van der Waals surface area contributed by atoms with Crippen molar-refractivity contribution in [2.75, 3.05) is 6.61 Å². The Morgan fingerprint density at radius 3 is 1.00 bits per heavy atom. The zero-order valence-corrected chi connectivity index (χ0v) is 41.8. The van der Waals surface area contributed by atoms with Crippen LogP contribution in [0.2, 0.25) is 0 Å². The van der Waals surface area contributed by atoms with Gasteiger partial charge in [0.25, 0.3) is 0 Å². The second-order valence-electron chi connectivity index (χ2n) is 18.9. The van der Waals surface area contributed by atoms with E-state index in [1.165, 1.54) is 180 Å². The van der Waals surface area contributed by atoms with Crippen LogP contribution in [0, 0.1) is 0 Å². The lowest BCUT2D eigenvalue weighted by Gasteiger charge is -2.27. The second kappa shape index (κ2) is 51.3. The largest absolute Gasteiger partial charge is 0.394 e. The van der Waals surface area contributed by atoms with Crippen LogP contribution in [0.3, 0.4) is 0 Å². The van der Waals surface area contributed by atoms with E-state index < -0.39 is 36.9 Å². The summed E-state index contributed by atoms with van der Waals surface area (Å²) in [6.45, 7) is 4.06. The minimum absolute atomic E-state index is 0.351. The fourth-order valence-corrected chi connectivity index (χ4v) is 8.37. The molecular formula is C57H107NO5. The molecular weight excluding hydrogens is 779 g/mol. The van der Waals surface area contributed by atoms with Crippen LogP contribution in [-0.2, 0) is 4.79 Å². The van der Waals surface area contributed by atoms with E-state index >= 15 is 0 Å². The van der Waals surface area contributed by atoms with Crippen LogP contribution in [-0.4, -0.2) is 57.3 Å². The van der Waals surface area contributed by atoms with Crippen molar-refractivity contribution in [3.05, 3.63) is 48.6 Å². The van der Waals surface area contributed by atoms with Gasteiger partial charge in [-0.25, -0.2) is 0 Å². The summed E-state index contributed by atoms with van der Waals surface area (Å²) in [5.41, 5.74) is 0. The molecule has 6 nitrogen and oxygen atoms in total. The number of rotatable bonds is 50. The molecule has 0 aliphatic rings. The van der Waals surface area contributed by atoms with Crippen LogP contribution < -0.4 is 5.32 Å². The molecule has 63 heavy (non-hydrogen) atoms. The number of unbranched alkanes of at least 4 members (excludes halogenated alkanes) is 33. The maximum atomic E-state index is 12.6. The van der Waals surface area contributed by atoms with Gasteiger partial charge in [0.2, 0.25) is 5.91 Å². The number of hydrogen-bond acceptors (Lipinski definition) is 5. The minimum Gasteiger partial charge on any atom is -0.394 e. The van der Waals surface area contributed by atoms with Crippen LogP contribution in [0.25, 0.3) is 0 Å². The highest BCUT2D eigenvalue weighted by Gasteiger charge is 2.28. The van der Waals surface area contributed by atoms with Crippen LogP contribution in [0.5, 0.6) is 0 Å². The molecule has 0 bridgehead atoms. The maximum absolute atomic E-state index is 12.6. The number of aliphatic hydroxyl groups excluding tert-OH is 4. The topological polar surface area (TPSA) is 110 Å². The van der Waals surface area contributed by atoms with Crippen molar-refractivity contribution < 1.29 is 25.2 Å². The van der Waals surface area contributed by atoms with Crippen molar-refractivity contribution in [3.8, 4) is 0 Å². The number of amides is 1. The lowest BCUT2D eigenvalue weighted by molar-refractivity contribution is -0.132. The highest BCUT2D eigenvalue weighted by molar-refractivity contribution is 5.80. The van der Waals surface area contributed by atoms with Crippen molar-refractivity contribution in [2.24, 2.45) is 0 Å². The van der Waals surface area contributed by atoms with Gasteiger partial charge in [-0.3, -0.25) is 4.79 Å². The predicted molar refractivity (Wildman–Crippen MR) is 274 cm³/mol. The fourth-order valence-electron chi connectivity index (χ4n) is 8.37. The number of aliphatic hydroxyl groups is 4. The average Bonchev–Trinajstić information content (AvgIpc) is 3.29. The highest BCUT2D eigenvalue weighted by atomic mass is 16.3. The van der Waals surface area contributed by atoms with Gasteiger partial charge in [-0.15, -0.1) is 0 Å². The van der Waals surface area contributed by atoms with Gasteiger partial charge in [-0.05, 0) is 89.9 Å². The first kappa shape index (κ1) is 61.3. The van der Waals surface area contributed by atoms with Crippen LogP contribution in [0.4, 0.5) is 0 Å². The van der Waals surface area contributed by atoms with Gasteiger partial charge in [0.1, 0.15) is 12.2 Å². The highest BCUT2D eigenvalue weighted by Crippen LogP contribution is 2.16. The van der Waals surface area contributed by atoms with Crippen LogP contribution >= 0.6 is 0 Å². The summed E-state index contributed by atoms with van der Waals surface area (Å²) in [4.78, 5) is 12.6. The summed E-state index contributed by atoms with van der Waals surface area (Å²) >= 11 is 0. The fraction of sp³-hybridized carbons (Fsp3) is 0.842. The Balaban J connectivity index is 3.74. The summed E-state index contributed by atoms with van der Waals surface area (Å²) in [6, 6.07) is -1.02. The lowest BCUT2D eigenvalue weighted by Crippen LogP contribution is -2.53. The molecule has 0 spiro atoms. The van der Waals surface area contributed by atoms with E-state index in [4.69, 9.17) is 0 Å². The number of nitrogens with one attached hydrogen (secondary N) is 1. The Labute approximate surface area is 391 Å². The first-order chi connectivity index (χ1) is 31.0. The second-order valence-corrected chi connectivity index (χ2v) is 18.9. The summed E-state index contributed by atoms with van der Waals surface area (Å²) in [5.74, 6) is -0.603. The molecule has 0 heterocycles. The van der Waals surface area contributed by atoms with Gasteiger partial charge >= 0.3 is 0 Å². The Morgan fingerprint density at radius 2 is 0.667 bits per heavy atom. The Kier molecular flexibility index (Phi) is 49.8. The Morgan fingerprint density at radius 1 is 0.381 bits per heavy atom. The van der Waals surface area contributed by atoms with Crippen LogP contribution in [0.1, 0.15) is 277 Å². The molecule has 0 aromatic heterocycles. The van der Waals surface area contributed by atoms with Gasteiger partial charge in [-0.2, -0.15) is 0 Å². The lowest BCUT2D eigenvalue weighted by atomic mass is 10.00. The van der Waals surface area contributed by atoms with Gasteiger partial charge in [0, 0.05) is 0 Å². The van der Waals surface area contributed by atoms with E-state index in [2.05, 4.69) is 67.8 Å². The predicted octanol–water partition coefficient (Wildman–Crippen LogP) is 15.8. The molecule has 0 aromatic carbocycles. The molecule has 370 valence electrons. The first-order valence-electron chi connectivity index (χ1n) is 27.5. The summed E-state index contributed by atoms with van der Waals surface area (Å²) in [7, 11) is 0. The van der Waals surface area contributed by atoms with E-state index in [1.54, 1.807) is 0 Å². The molecule has 0 rings (SSSR count). The smallest absolute Gasteiger partial charge is 0.249 e. The van der Waals surface area contributed by atoms with Gasteiger partial charge in [-0.1, -0.05) is 236 Å². The monoisotopic (exact) mass is 886 g/mol. The molecule has 4 unspecified atom stereocenters. The van der Waals surface area contributed by atoms with Crippen molar-refractivity contribution >= 4 is 5.91 Å². The van der Waals surface area contributed by atoms with E-state index in [0.29, 0.717) is 19.3 Å². The zero-order valence-electron chi connectivity index (χ0n) is 41.8. The van der Waals surface area contributed by atoms with Crippen molar-refractivity contribution in [2.45, 2.75) is 301 Å². The molecule has 6 heteroatoms. The van der Waals surface area contributed by atoms with Crippen molar-refractivity contribution in [1.82, 2.24) is 5.32 Å². The molecule has 4 atom stereocenters. The first-order valence-corrected chi connectivity index (χ1v) is 27.5. The summed E-state index contributed by atoms with van der Waals surface area (Å²) in [6.07, 6.45) is 64.6. The quantitative estimate of drug-likeness (QED) is 0.0309. The van der Waals surface area contributed by atoms with E-state index in [0.717, 1.165) is 64.2 Å². The standard InChI is InChI=1S/C57H107NO5/c1-3-5-7-9-11-13-15-17-19-21-23-25-26-27-28-29-31-32-34-36-38-40-42-44-46-48-50-54(60)56(62)53(52-59)58-57(63)55(61)51-49-47-45-43-41-39-37-35-33-30-24-22-20-18-16-14-12-10-8-6-4-2/h28-29,33-36,42,44,53-56,59-62H,3-27,30-32,37-41,43,45-52H2,1-2H3,(H,58,63)/b29-28+,35-33-,36-34+,44-42+. The molecule has 0 aliphatic heterocycles. The van der Waals surface area contributed by atoms with E-state index in [1.807, 2.05) is 0 Å². The third kappa shape index (κ3) is 45.2. The molecule has 0 fully saturated rings. The average molecular weight is 886 g/mol. The van der Waals surface area contributed by atoms with Crippen molar-refractivity contribution in [3.63, 3.8) is 0 Å².